The van der Waals surface area contributed by atoms with Crippen LogP contribution in [0.4, 0.5) is 5.69 Å². The lowest BCUT2D eigenvalue weighted by Crippen LogP contribution is -2.48. The number of hydrogen-bond acceptors (Lipinski definition) is 4. The number of rotatable bonds is 6. The van der Waals surface area contributed by atoms with Gasteiger partial charge in [0.25, 0.3) is 0 Å². The number of para-hydroxylation sites is 2. The maximum Gasteiger partial charge on any atom is 0.227 e. The highest BCUT2D eigenvalue weighted by atomic mass is 32.1. The normalized spacial score (nSPS) is 18.6. The zero-order valence-electron chi connectivity index (χ0n) is 18.5. The number of aromatic amines is 1. The summed E-state index contributed by atoms with van der Waals surface area (Å²) >= 11 is 1.59. The van der Waals surface area contributed by atoms with Crippen LogP contribution in [0.1, 0.15) is 35.1 Å². The summed E-state index contributed by atoms with van der Waals surface area (Å²) < 4.78 is 0. The molecule has 7 heteroatoms. The predicted molar refractivity (Wildman–Crippen MR) is 131 cm³/mol. The van der Waals surface area contributed by atoms with Crippen molar-refractivity contribution in [1.29, 1.82) is 0 Å². The molecule has 33 heavy (non-hydrogen) atoms. The van der Waals surface area contributed by atoms with E-state index >= 15 is 0 Å². The molecule has 0 saturated carbocycles. The van der Waals surface area contributed by atoms with Gasteiger partial charge in [0.15, 0.2) is 0 Å². The zero-order chi connectivity index (χ0) is 22.8. The average Bonchev–Trinajstić information content (AvgIpc) is 3.49. The van der Waals surface area contributed by atoms with Crippen molar-refractivity contribution in [3.8, 4) is 0 Å². The SMILES string of the molecule is Cc1ccc(N2C(=O)CCC(C(=O)NCCc3nc4ccccc4[nH]3)C2c2cccs2)cc1. The standard InChI is InChI=1S/C26H26N4O2S/c1-17-8-10-18(11-9-17)30-24(31)13-12-19(25(30)22-7-4-16-33-22)26(32)27-15-14-23-28-20-5-2-3-6-21(20)29-23/h2-11,16,19,25H,12-15H2,1H3,(H,27,32)(H,28,29). The number of carbonyl (C=O) groups is 2. The van der Waals surface area contributed by atoms with Crippen molar-refractivity contribution >= 4 is 39.9 Å². The number of anilines is 1. The number of benzene rings is 2. The topological polar surface area (TPSA) is 78.1 Å². The fraction of sp³-hybridized carbons (Fsp3) is 0.269. The molecule has 1 aliphatic rings. The minimum Gasteiger partial charge on any atom is -0.355 e. The lowest BCUT2D eigenvalue weighted by Gasteiger charge is -2.40. The molecule has 1 aliphatic heterocycles. The minimum absolute atomic E-state index is 0.0193. The number of fused-ring (bicyclic) bond motifs is 1. The Kier molecular flexibility index (Phi) is 5.96. The third-order valence-electron chi connectivity index (χ3n) is 6.18. The largest absolute Gasteiger partial charge is 0.355 e. The van der Waals surface area contributed by atoms with Gasteiger partial charge in [0.05, 0.1) is 23.0 Å². The molecule has 2 aromatic heterocycles. The van der Waals surface area contributed by atoms with Crippen LogP contribution in [0, 0.1) is 12.8 Å². The highest BCUT2D eigenvalue weighted by Gasteiger charge is 2.41. The molecule has 2 atom stereocenters. The van der Waals surface area contributed by atoms with Gasteiger partial charge >= 0.3 is 0 Å². The zero-order valence-corrected chi connectivity index (χ0v) is 19.3. The third-order valence-corrected chi connectivity index (χ3v) is 7.12. The van der Waals surface area contributed by atoms with Crippen LogP contribution in [0.25, 0.3) is 11.0 Å². The number of hydrogen-bond donors (Lipinski definition) is 2. The fourth-order valence-corrected chi connectivity index (χ4v) is 5.40. The molecule has 2 amide bonds. The summed E-state index contributed by atoms with van der Waals surface area (Å²) in [5, 5.41) is 5.10. The summed E-state index contributed by atoms with van der Waals surface area (Å²) in [6, 6.07) is 19.5. The quantitative estimate of drug-likeness (QED) is 0.437. The summed E-state index contributed by atoms with van der Waals surface area (Å²) in [6.07, 6.45) is 1.52. The van der Waals surface area contributed by atoms with E-state index in [1.807, 2.05) is 77.9 Å². The molecule has 0 spiro atoms. The Hall–Kier alpha value is -3.45. The van der Waals surface area contributed by atoms with Gasteiger partial charge in [-0.15, -0.1) is 11.3 Å². The first-order valence-corrected chi connectivity index (χ1v) is 12.1. The molecule has 4 aromatic rings. The molecule has 5 rings (SSSR count). The first kappa shape index (κ1) is 21.4. The molecule has 6 nitrogen and oxygen atoms in total. The maximum atomic E-state index is 13.3. The Labute approximate surface area is 196 Å². The molecule has 1 saturated heterocycles. The van der Waals surface area contributed by atoms with Gasteiger partial charge in [-0.05, 0) is 49.1 Å². The van der Waals surface area contributed by atoms with Crippen LogP contribution in [0.2, 0.25) is 0 Å². The van der Waals surface area contributed by atoms with Crippen LogP contribution in [0.3, 0.4) is 0 Å². The van der Waals surface area contributed by atoms with Gasteiger partial charge in [-0.1, -0.05) is 35.9 Å². The van der Waals surface area contributed by atoms with E-state index in [9.17, 15) is 9.59 Å². The monoisotopic (exact) mass is 458 g/mol. The lowest BCUT2D eigenvalue weighted by atomic mass is 9.86. The molecule has 168 valence electrons. The second-order valence-corrected chi connectivity index (χ2v) is 9.43. The Morgan fingerprint density at radius 2 is 1.97 bits per heavy atom. The van der Waals surface area contributed by atoms with E-state index in [1.165, 1.54) is 0 Å². The lowest BCUT2D eigenvalue weighted by molar-refractivity contribution is -0.129. The van der Waals surface area contributed by atoms with E-state index in [0.717, 1.165) is 33.0 Å². The van der Waals surface area contributed by atoms with Gasteiger partial charge in [0.1, 0.15) is 5.82 Å². The fourth-order valence-electron chi connectivity index (χ4n) is 4.52. The predicted octanol–water partition coefficient (Wildman–Crippen LogP) is 4.78. The van der Waals surface area contributed by atoms with Gasteiger partial charge in [-0.2, -0.15) is 0 Å². The van der Waals surface area contributed by atoms with Crippen LogP contribution in [0.15, 0.2) is 66.0 Å². The summed E-state index contributed by atoms with van der Waals surface area (Å²) in [5.41, 5.74) is 3.90. The molecule has 2 unspecified atom stereocenters. The summed E-state index contributed by atoms with van der Waals surface area (Å²) in [5.74, 6) is 0.586. The van der Waals surface area contributed by atoms with Crippen LogP contribution >= 0.6 is 11.3 Å². The molecule has 2 N–H and O–H groups in total. The number of aryl methyl sites for hydroxylation is 1. The Balaban J connectivity index is 1.34. The number of piperidine rings is 1. The second kappa shape index (κ2) is 9.19. The molecule has 0 radical (unpaired) electrons. The highest BCUT2D eigenvalue weighted by molar-refractivity contribution is 7.10. The van der Waals surface area contributed by atoms with Crippen LogP contribution < -0.4 is 10.2 Å². The van der Waals surface area contributed by atoms with Gasteiger partial charge in [0.2, 0.25) is 11.8 Å². The first-order valence-electron chi connectivity index (χ1n) is 11.2. The van der Waals surface area contributed by atoms with Gasteiger partial charge in [0, 0.05) is 30.0 Å². The number of nitrogens with zero attached hydrogens (tertiary/aromatic N) is 2. The first-order chi connectivity index (χ1) is 16.1. The van der Waals surface area contributed by atoms with E-state index in [0.29, 0.717) is 25.8 Å². The van der Waals surface area contributed by atoms with Gasteiger partial charge < -0.3 is 15.2 Å². The molecule has 1 fully saturated rings. The number of carbonyl (C=O) groups excluding carboxylic acids is 2. The molecule has 0 bridgehead atoms. The highest BCUT2D eigenvalue weighted by Crippen LogP contribution is 2.41. The van der Waals surface area contributed by atoms with Crippen molar-refractivity contribution in [2.24, 2.45) is 5.92 Å². The van der Waals surface area contributed by atoms with E-state index in [-0.39, 0.29) is 23.8 Å². The van der Waals surface area contributed by atoms with Crippen molar-refractivity contribution in [1.82, 2.24) is 15.3 Å². The molecule has 2 aromatic carbocycles. The smallest absolute Gasteiger partial charge is 0.227 e. The van der Waals surface area contributed by atoms with E-state index in [4.69, 9.17) is 0 Å². The van der Waals surface area contributed by atoms with Crippen molar-refractivity contribution in [2.45, 2.75) is 32.2 Å². The number of H-pyrrole nitrogens is 1. The minimum atomic E-state index is -0.307. The third kappa shape index (κ3) is 4.41. The van der Waals surface area contributed by atoms with Crippen molar-refractivity contribution < 1.29 is 9.59 Å². The van der Waals surface area contributed by atoms with Crippen LogP contribution in [-0.2, 0) is 16.0 Å². The molecular weight excluding hydrogens is 432 g/mol. The second-order valence-electron chi connectivity index (χ2n) is 8.45. The Morgan fingerprint density at radius 1 is 1.15 bits per heavy atom. The Bertz CT molecular complexity index is 1230. The summed E-state index contributed by atoms with van der Waals surface area (Å²) in [7, 11) is 0. The van der Waals surface area contributed by atoms with Crippen LogP contribution in [0.5, 0.6) is 0 Å². The number of aromatic nitrogens is 2. The van der Waals surface area contributed by atoms with Crippen molar-refractivity contribution in [3.63, 3.8) is 0 Å². The Morgan fingerprint density at radius 3 is 2.73 bits per heavy atom. The number of imidazole rings is 1. The average molecular weight is 459 g/mol. The van der Waals surface area contributed by atoms with E-state index in [1.54, 1.807) is 11.3 Å². The summed E-state index contributed by atoms with van der Waals surface area (Å²) in [6.45, 7) is 2.52. The van der Waals surface area contributed by atoms with Gasteiger partial charge in [-0.3, -0.25) is 9.59 Å². The van der Waals surface area contributed by atoms with Gasteiger partial charge in [-0.25, -0.2) is 4.98 Å². The molecular formula is C26H26N4O2S. The van der Waals surface area contributed by atoms with Crippen molar-refractivity contribution in [2.75, 3.05) is 11.4 Å². The number of amides is 2. The van der Waals surface area contributed by atoms with E-state index in [2.05, 4.69) is 15.3 Å². The van der Waals surface area contributed by atoms with Crippen molar-refractivity contribution in [3.05, 3.63) is 82.3 Å². The van der Waals surface area contributed by atoms with E-state index < -0.39 is 0 Å². The number of nitrogens with one attached hydrogen (secondary N) is 2. The van der Waals surface area contributed by atoms with Crippen LogP contribution in [-0.4, -0.2) is 28.3 Å². The molecule has 0 aliphatic carbocycles. The maximum absolute atomic E-state index is 13.3. The molecule has 3 heterocycles. The number of thiophene rings is 1. The summed E-state index contributed by atoms with van der Waals surface area (Å²) in [4.78, 5) is 37.1.